The molecular weight excluding hydrogens is 300 g/mol. The van der Waals surface area contributed by atoms with Crippen molar-refractivity contribution in [2.24, 2.45) is 17.3 Å². The highest BCUT2D eigenvalue weighted by molar-refractivity contribution is 5.94. The Morgan fingerprint density at radius 3 is 2.83 bits per heavy atom. The molecule has 0 aromatic carbocycles. The Kier molecular flexibility index (Phi) is 3.94. The third kappa shape index (κ3) is 2.26. The van der Waals surface area contributed by atoms with Crippen molar-refractivity contribution in [1.29, 1.82) is 0 Å². The van der Waals surface area contributed by atoms with Crippen LogP contribution in [0.25, 0.3) is 0 Å². The van der Waals surface area contributed by atoms with E-state index < -0.39 is 17.4 Å². The molecule has 0 aromatic rings. The van der Waals surface area contributed by atoms with Crippen LogP contribution in [-0.4, -0.2) is 35.7 Å². The minimum atomic E-state index is -1.10. The van der Waals surface area contributed by atoms with E-state index in [4.69, 9.17) is 9.47 Å². The molecule has 23 heavy (non-hydrogen) atoms. The molecule has 0 spiro atoms. The molecule has 2 aliphatic carbocycles. The first-order valence-corrected chi connectivity index (χ1v) is 8.24. The van der Waals surface area contributed by atoms with Gasteiger partial charge in [-0.25, -0.2) is 4.79 Å². The van der Waals surface area contributed by atoms with E-state index in [9.17, 15) is 19.5 Å². The van der Waals surface area contributed by atoms with Crippen molar-refractivity contribution < 1.29 is 29.0 Å². The summed E-state index contributed by atoms with van der Waals surface area (Å²) in [4.78, 5) is 36.4. The van der Waals surface area contributed by atoms with Gasteiger partial charge in [0.05, 0.1) is 18.4 Å². The quantitative estimate of drug-likeness (QED) is 0.797. The number of carboxylic acids is 1. The molecule has 0 saturated heterocycles. The Hall–Kier alpha value is -1.85. The van der Waals surface area contributed by atoms with Gasteiger partial charge >= 0.3 is 17.9 Å². The minimum absolute atomic E-state index is 0.213. The molecule has 3 aliphatic rings. The number of carbonyl (C=O) groups is 3. The van der Waals surface area contributed by atoms with Gasteiger partial charge in [-0.3, -0.25) is 9.59 Å². The molecule has 0 aromatic heterocycles. The van der Waals surface area contributed by atoms with E-state index in [1.54, 1.807) is 6.92 Å². The van der Waals surface area contributed by atoms with Crippen LogP contribution in [0, 0.1) is 17.3 Å². The van der Waals surface area contributed by atoms with Gasteiger partial charge in [0.1, 0.15) is 6.10 Å². The minimum Gasteiger partial charge on any atom is -0.481 e. The fourth-order valence-corrected chi connectivity index (χ4v) is 4.71. The zero-order valence-corrected chi connectivity index (χ0v) is 13.5. The number of rotatable bonds is 4. The first-order valence-electron chi connectivity index (χ1n) is 8.24. The second-order valence-electron chi connectivity index (χ2n) is 6.74. The number of hydrogen-bond acceptors (Lipinski definition) is 5. The maximum absolute atomic E-state index is 12.8. The number of aliphatic carboxylic acids is 1. The monoisotopic (exact) mass is 322 g/mol. The number of carboxylic acid groups (broad SMARTS) is 1. The van der Waals surface area contributed by atoms with Crippen molar-refractivity contribution in [3.63, 3.8) is 0 Å². The highest BCUT2D eigenvalue weighted by Crippen LogP contribution is 2.58. The van der Waals surface area contributed by atoms with Gasteiger partial charge in [0.2, 0.25) is 0 Å². The number of carbonyl (C=O) groups excluding carboxylic acids is 2. The van der Waals surface area contributed by atoms with Gasteiger partial charge in [0, 0.05) is 11.5 Å². The zero-order chi connectivity index (χ0) is 16.8. The van der Waals surface area contributed by atoms with Gasteiger partial charge in [0.15, 0.2) is 0 Å². The molecule has 1 heterocycles. The molecule has 1 saturated carbocycles. The Balaban J connectivity index is 2.12. The van der Waals surface area contributed by atoms with Gasteiger partial charge in [-0.05, 0) is 44.1 Å². The maximum atomic E-state index is 12.8. The van der Waals surface area contributed by atoms with E-state index in [0.29, 0.717) is 24.8 Å². The zero-order valence-electron chi connectivity index (χ0n) is 13.5. The lowest BCUT2D eigenvalue weighted by atomic mass is 9.53. The summed E-state index contributed by atoms with van der Waals surface area (Å²) in [5.41, 5.74) is 0.429. The standard InChI is InChI=1S/C17H22O6/c1-3-22-16(21)17(8-13(18)19)9(2)7-12-14-10(15(20)23-12)5-4-6-11(14)17/h9,11-12H,3-8H2,1-2H3,(H,18,19)/t9-,11?,12+,17-/m1/s1. The van der Waals surface area contributed by atoms with Gasteiger partial charge in [0.25, 0.3) is 0 Å². The first kappa shape index (κ1) is 16.0. The third-order valence-corrected chi connectivity index (χ3v) is 5.65. The van der Waals surface area contributed by atoms with Crippen LogP contribution in [0.5, 0.6) is 0 Å². The highest BCUT2D eigenvalue weighted by atomic mass is 16.6. The molecule has 126 valence electrons. The van der Waals surface area contributed by atoms with Crippen LogP contribution in [0.1, 0.15) is 46.0 Å². The summed E-state index contributed by atoms with van der Waals surface area (Å²) in [7, 11) is 0. The van der Waals surface area contributed by atoms with Crippen LogP contribution in [0.2, 0.25) is 0 Å². The van der Waals surface area contributed by atoms with Crippen LogP contribution in [0.15, 0.2) is 11.1 Å². The Bertz CT molecular complexity index is 592. The highest BCUT2D eigenvalue weighted by Gasteiger charge is 2.61. The Morgan fingerprint density at radius 2 is 2.17 bits per heavy atom. The predicted octanol–water partition coefficient (Wildman–Crippen LogP) is 2.07. The summed E-state index contributed by atoms with van der Waals surface area (Å²) in [6, 6.07) is 0. The lowest BCUT2D eigenvalue weighted by molar-refractivity contribution is -0.173. The van der Waals surface area contributed by atoms with E-state index >= 15 is 0 Å². The summed E-state index contributed by atoms with van der Waals surface area (Å²) < 4.78 is 10.7. The normalized spacial score (nSPS) is 35.6. The van der Waals surface area contributed by atoms with Crippen molar-refractivity contribution in [3.05, 3.63) is 11.1 Å². The summed E-state index contributed by atoms with van der Waals surface area (Å²) >= 11 is 0. The molecule has 1 N–H and O–H groups in total. The van der Waals surface area contributed by atoms with Crippen molar-refractivity contribution >= 4 is 17.9 Å². The fourth-order valence-electron chi connectivity index (χ4n) is 4.71. The largest absolute Gasteiger partial charge is 0.481 e. The van der Waals surface area contributed by atoms with Gasteiger partial charge in [-0.2, -0.15) is 0 Å². The topological polar surface area (TPSA) is 89.9 Å². The second kappa shape index (κ2) is 5.65. The second-order valence-corrected chi connectivity index (χ2v) is 6.74. The van der Waals surface area contributed by atoms with E-state index in [0.717, 1.165) is 12.0 Å². The van der Waals surface area contributed by atoms with E-state index in [2.05, 4.69) is 0 Å². The first-order chi connectivity index (χ1) is 10.9. The maximum Gasteiger partial charge on any atom is 0.334 e. The summed E-state index contributed by atoms with van der Waals surface area (Å²) in [5, 5.41) is 9.43. The van der Waals surface area contributed by atoms with Gasteiger partial charge in [-0.1, -0.05) is 6.92 Å². The molecule has 3 rings (SSSR count). The lowest BCUT2D eigenvalue weighted by Gasteiger charge is -2.49. The molecule has 4 atom stereocenters. The molecule has 1 unspecified atom stereocenters. The lowest BCUT2D eigenvalue weighted by Crippen LogP contribution is -2.53. The molecule has 6 nitrogen and oxygen atoms in total. The Morgan fingerprint density at radius 1 is 1.43 bits per heavy atom. The molecule has 1 aliphatic heterocycles. The summed E-state index contributed by atoms with van der Waals surface area (Å²) in [5.74, 6) is -2.26. The van der Waals surface area contributed by atoms with E-state index in [1.807, 2.05) is 6.92 Å². The fraction of sp³-hybridized carbons (Fsp3) is 0.706. The SMILES string of the molecule is CCOC(=O)[C@@]1(CC(=O)O)C2CCCC3=C2[C@H](C[C@H]1C)OC3=O. The molecule has 1 fully saturated rings. The number of ether oxygens (including phenoxy) is 2. The van der Waals surface area contributed by atoms with Crippen molar-refractivity contribution in [2.75, 3.05) is 6.61 Å². The molecule has 0 radical (unpaired) electrons. The van der Waals surface area contributed by atoms with Crippen LogP contribution in [0.3, 0.4) is 0 Å². The number of esters is 2. The average Bonchev–Trinajstić information content (AvgIpc) is 2.80. The van der Waals surface area contributed by atoms with Crippen LogP contribution >= 0.6 is 0 Å². The molecule has 6 heteroatoms. The molecule has 0 bridgehead atoms. The van der Waals surface area contributed by atoms with Crippen molar-refractivity contribution in [2.45, 2.75) is 52.1 Å². The number of hydrogen-bond donors (Lipinski definition) is 1. The third-order valence-electron chi connectivity index (χ3n) is 5.65. The van der Waals surface area contributed by atoms with Crippen molar-refractivity contribution in [1.82, 2.24) is 0 Å². The molecular formula is C17H22O6. The predicted molar refractivity (Wildman–Crippen MR) is 79.3 cm³/mol. The van der Waals surface area contributed by atoms with Crippen LogP contribution in [-0.2, 0) is 23.9 Å². The smallest absolute Gasteiger partial charge is 0.334 e. The molecule has 0 amide bonds. The van der Waals surface area contributed by atoms with E-state index in [-0.39, 0.29) is 36.9 Å². The van der Waals surface area contributed by atoms with E-state index in [1.165, 1.54) is 0 Å². The average molecular weight is 322 g/mol. The summed E-state index contributed by atoms with van der Waals surface area (Å²) in [6.07, 6.45) is 2.03. The van der Waals surface area contributed by atoms with Crippen LogP contribution < -0.4 is 0 Å². The van der Waals surface area contributed by atoms with Crippen LogP contribution in [0.4, 0.5) is 0 Å². The van der Waals surface area contributed by atoms with Gasteiger partial charge in [-0.15, -0.1) is 0 Å². The van der Waals surface area contributed by atoms with Gasteiger partial charge < -0.3 is 14.6 Å². The van der Waals surface area contributed by atoms with Crippen molar-refractivity contribution in [3.8, 4) is 0 Å². The summed E-state index contributed by atoms with van der Waals surface area (Å²) in [6.45, 7) is 3.80. The Labute approximate surface area is 134 Å².